The third-order valence-electron chi connectivity index (χ3n) is 2.94. The van der Waals surface area contributed by atoms with Gasteiger partial charge in [0.2, 0.25) is 0 Å². The molecule has 1 heteroatoms. The minimum absolute atomic E-state index is 0.893. The van der Waals surface area contributed by atoms with Gasteiger partial charge in [-0.05, 0) is 30.6 Å². The summed E-state index contributed by atoms with van der Waals surface area (Å²) in [5, 5.41) is 0. The summed E-state index contributed by atoms with van der Waals surface area (Å²) < 4.78 is 0.941. The van der Waals surface area contributed by atoms with Crippen molar-refractivity contribution in [1.29, 1.82) is 0 Å². The van der Waals surface area contributed by atoms with Crippen LogP contribution in [0, 0.1) is 17.8 Å². The molecule has 0 N–H and O–H groups in total. The van der Waals surface area contributed by atoms with E-state index >= 15 is 0 Å². The normalized spacial score (nSPS) is 39.5. The van der Waals surface area contributed by atoms with Crippen LogP contribution < -0.4 is 0 Å². The van der Waals surface area contributed by atoms with Gasteiger partial charge in [0.25, 0.3) is 0 Å². The molecule has 1 rings (SSSR count). The van der Waals surface area contributed by atoms with Crippen molar-refractivity contribution in [3.63, 3.8) is 0 Å². The Labute approximate surface area is 84.3 Å². The van der Waals surface area contributed by atoms with Crippen molar-refractivity contribution in [3.8, 4) is 0 Å². The number of hydrogen-bond acceptors (Lipinski definition) is 0. The predicted molar refractivity (Wildman–Crippen MR) is 59.2 cm³/mol. The molecule has 0 aliphatic heterocycles. The van der Waals surface area contributed by atoms with Gasteiger partial charge in [-0.1, -0.05) is 49.8 Å². The van der Waals surface area contributed by atoms with Gasteiger partial charge in [0.05, 0.1) is 0 Å². The zero-order chi connectivity index (χ0) is 8.43. The average molecular weight is 266 g/mol. The van der Waals surface area contributed by atoms with Crippen molar-refractivity contribution in [2.75, 3.05) is 0 Å². The summed E-state index contributed by atoms with van der Waals surface area (Å²) in [4.78, 5) is 0. The Morgan fingerprint density at radius 2 is 1.91 bits per heavy atom. The molecule has 0 aromatic heterocycles. The maximum atomic E-state index is 2.65. The summed E-state index contributed by atoms with van der Waals surface area (Å²) in [5.74, 6) is 2.86. The Bertz CT molecular complexity index is 120. The molecule has 3 atom stereocenters. The van der Waals surface area contributed by atoms with Gasteiger partial charge in [-0.25, -0.2) is 0 Å². The molecule has 0 aromatic carbocycles. The molecule has 0 heterocycles. The van der Waals surface area contributed by atoms with Crippen molar-refractivity contribution >= 4 is 22.6 Å². The van der Waals surface area contributed by atoms with E-state index in [4.69, 9.17) is 0 Å². The van der Waals surface area contributed by atoms with E-state index in [0.29, 0.717) is 0 Å². The molecule has 66 valence electrons. The van der Waals surface area contributed by atoms with E-state index in [9.17, 15) is 0 Å². The van der Waals surface area contributed by atoms with E-state index in [1.807, 2.05) is 0 Å². The Kier molecular flexibility index (Phi) is 3.66. The fraction of sp³-hybridized carbons (Fsp3) is 1.00. The predicted octanol–water partition coefficient (Wildman–Crippen LogP) is 3.88. The highest BCUT2D eigenvalue weighted by molar-refractivity contribution is 14.1. The SMILES string of the molecule is CC(C)[C@@H]1CC[C@@H](C)C[C@@H]1I. The van der Waals surface area contributed by atoms with Gasteiger partial charge in [0.15, 0.2) is 0 Å². The molecule has 0 saturated heterocycles. The molecule has 0 radical (unpaired) electrons. The molecule has 1 aliphatic carbocycles. The third-order valence-corrected chi connectivity index (χ3v) is 4.37. The summed E-state index contributed by atoms with van der Waals surface area (Å²) in [6.07, 6.45) is 4.37. The second kappa shape index (κ2) is 4.11. The van der Waals surface area contributed by atoms with Crippen LogP contribution in [0.2, 0.25) is 0 Å². The van der Waals surface area contributed by atoms with Crippen molar-refractivity contribution in [3.05, 3.63) is 0 Å². The Hall–Kier alpha value is 0.730. The highest BCUT2D eigenvalue weighted by atomic mass is 127. The van der Waals surface area contributed by atoms with Crippen LogP contribution in [0.15, 0.2) is 0 Å². The lowest BCUT2D eigenvalue weighted by atomic mass is 9.78. The topological polar surface area (TPSA) is 0 Å². The second-order valence-corrected chi connectivity index (χ2v) is 5.94. The molecule has 0 spiro atoms. The molecule has 11 heavy (non-hydrogen) atoms. The fourth-order valence-corrected chi connectivity index (χ4v) is 4.14. The van der Waals surface area contributed by atoms with Gasteiger partial charge < -0.3 is 0 Å². The van der Waals surface area contributed by atoms with Crippen molar-refractivity contribution in [2.45, 2.75) is 44.0 Å². The van der Waals surface area contributed by atoms with Crippen LogP contribution >= 0.6 is 22.6 Å². The lowest BCUT2D eigenvalue weighted by Crippen LogP contribution is -2.27. The van der Waals surface area contributed by atoms with Crippen LogP contribution in [0.25, 0.3) is 0 Å². The van der Waals surface area contributed by atoms with E-state index in [2.05, 4.69) is 43.4 Å². The van der Waals surface area contributed by atoms with Crippen LogP contribution in [0.3, 0.4) is 0 Å². The largest absolute Gasteiger partial charge is 0.0823 e. The minimum atomic E-state index is 0.893. The van der Waals surface area contributed by atoms with E-state index in [1.54, 1.807) is 0 Å². The summed E-state index contributed by atoms with van der Waals surface area (Å²) in [5.41, 5.74) is 0. The molecule has 0 aromatic rings. The van der Waals surface area contributed by atoms with Crippen LogP contribution in [0.5, 0.6) is 0 Å². The van der Waals surface area contributed by atoms with Gasteiger partial charge in [-0.2, -0.15) is 0 Å². The lowest BCUT2D eigenvalue weighted by molar-refractivity contribution is 0.252. The highest BCUT2D eigenvalue weighted by Gasteiger charge is 2.28. The van der Waals surface area contributed by atoms with Gasteiger partial charge in [-0.3, -0.25) is 0 Å². The minimum Gasteiger partial charge on any atom is -0.0823 e. The van der Waals surface area contributed by atoms with E-state index in [0.717, 1.165) is 21.7 Å². The first-order chi connectivity index (χ1) is 5.11. The first-order valence-corrected chi connectivity index (χ1v) is 6.00. The van der Waals surface area contributed by atoms with E-state index in [1.165, 1.54) is 19.3 Å². The summed E-state index contributed by atoms with van der Waals surface area (Å²) in [6.45, 7) is 7.13. The molecule has 1 saturated carbocycles. The van der Waals surface area contributed by atoms with E-state index < -0.39 is 0 Å². The molecule has 0 nitrogen and oxygen atoms in total. The Morgan fingerprint density at radius 3 is 2.36 bits per heavy atom. The van der Waals surface area contributed by atoms with E-state index in [-0.39, 0.29) is 0 Å². The van der Waals surface area contributed by atoms with Crippen LogP contribution in [0.4, 0.5) is 0 Å². The Morgan fingerprint density at radius 1 is 1.27 bits per heavy atom. The molecule has 1 aliphatic rings. The van der Waals surface area contributed by atoms with Crippen LogP contribution in [-0.2, 0) is 0 Å². The van der Waals surface area contributed by atoms with Crippen molar-refractivity contribution < 1.29 is 0 Å². The lowest BCUT2D eigenvalue weighted by Gasteiger charge is -2.33. The van der Waals surface area contributed by atoms with Crippen LogP contribution in [0.1, 0.15) is 40.0 Å². The average Bonchev–Trinajstić information content (AvgIpc) is 1.85. The number of alkyl halides is 1. The first-order valence-electron chi connectivity index (χ1n) is 4.75. The number of halogens is 1. The summed E-state index contributed by atoms with van der Waals surface area (Å²) >= 11 is 2.65. The van der Waals surface area contributed by atoms with Gasteiger partial charge in [0.1, 0.15) is 0 Å². The second-order valence-electron chi connectivity index (χ2n) is 4.34. The maximum Gasteiger partial charge on any atom is 0.0143 e. The first kappa shape index (κ1) is 9.82. The standard InChI is InChI=1S/C10H19I/c1-7(2)9-5-4-8(3)6-10(9)11/h7-10H,4-6H2,1-3H3/t8-,9+,10+/m1/s1. The van der Waals surface area contributed by atoms with Crippen molar-refractivity contribution in [2.24, 2.45) is 17.8 Å². The number of hydrogen-bond donors (Lipinski definition) is 0. The monoisotopic (exact) mass is 266 g/mol. The molecule has 1 fully saturated rings. The van der Waals surface area contributed by atoms with Gasteiger partial charge >= 0.3 is 0 Å². The highest BCUT2D eigenvalue weighted by Crippen LogP contribution is 2.37. The quantitative estimate of drug-likeness (QED) is 0.499. The molecular formula is C10H19I. The zero-order valence-corrected chi connectivity index (χ0v) is 9.97. The third kappa shape index (κ3) is 2.60. The van der Waals surface area contributed by atoms with Gasteiger partial charge in [-0.15, -0.1) is 0 Å². The smallest absolute Gasteiger partial charge is 0.0143 e. The van der Waals surface area contributed by atoms with Gasteiger partial charge in [0, 0.05) is 3.92 Å². The van der Waals surface area contributed by atoms with Crippen molar-refractivity contribution in [1.82, 2.24) is 0 Å². The Balaban J connectivity index is 2.44. The number of rotatable bonds is 1. The fourth-order valence-electron chi connectivity index (χ4n) is 2.09. The molecule has 0 bridgehead atoms. The summed E-state index contributed by atoms with van der Waals surface area (Å²) in [6, 6.07) is 0. The molecule has 0 unspecified atom stereocenters. The zero-order valence-electron chi connectivity index (χ0n) is 7.81. The maximum absolute atomic E-state index is 2.65. The molecule has 0 amide bonds. The molecular weight excluding hydrogens is 247 g/mol. The van der Waals surface area contributed by atoms with Crippen LogP contribution in [-0.4, -0.2) is 3.92 Å². The summed E-state index contributed by atoms with van der Waals surface area (Å²) in [7, 11) is 0.